The minimum absolute atomic E-state index is 0.138. The van der Waals surface area contributed by atoms with Gasteiger partial charge in [-0.25, -0.2) is 4.39 Å². The van der Waals surface area contributed by atoms with Crippen molar-refractivity contribution in [3.05, 3.63) is 64.9 Å². The van der Waals surface area contributed by atoms with Crippen molar-refractivity contribution in [2.45, 2.75) is 12.5 Å². The Morgan fingerprint density at radius 3 is 2.32 bits per heavy atom. The Morgan fingerprint density at radius 2 is 1.68 bits per heavy atom. The number of halogens is 2. The molecule has 1 atom stereocenters. The molecule has 0 saturated heterocycles. The van der Waals surface area contributed by atoms with Crippen molar-refractivity contribution >= 4 is 11.6 Å². The predicted molar refractivity (Wildman–Crippen MR) is 75.0 cm³/mol. The van der Waals surface area contributed by atoms with E-state index in [1.54, 1.807) is 36.4 Å². The van der Waals surface area contributed by atoms with Gasteiger partial charge in [-0.15, -0.1) is 0 Å². The second-order valence-electron chi connectivity index (χ2n) is 4.36. The monoisotopic (exact) mass is 279 g/mol. The van der Waals surface area contributed by atoms with Gasteiger partial charge in [-0.2, -0.15) is 0 Å². The van der Waals surface area contributed by atoms with Crippen LogP contribution in [0.25, 0.3) is 0 Å². The predicted octanol–water partition coefficient (Wildman–Crippen LogP) is 3.43. The van der Waals surface area contributed by atoms with E-state index in [1.807, 2.05) is 0 Å². The van der Waals surface area contributed by atoms with E-state index < -0.39 is 0 Å². The third-order valence-corrected chi connectivity index (χ3v) is 2.94. The fraction of sp³-hybridized carbons (Fsp3) is 0.200. The van der Waals surface area contributed by atoms with Crippen LogP contribution in [0.4, 0.5) is 4.39 Å². The lowest BCUT2D eigenvalue weighted by Crippen LogP contribution is -2.30. The van der Waals surface area contributed by atoms with Crippen LogP contribution >= 0.6 is 11.6 Å². The zero-order valence-electron chi connectivity index (χ0n) is 10.4. The van der Waals surface area contributed by atoms with Gasteiger partial charge in [-0.05, 0) is 48.4 Å². The molecule has 0 aliphatic rings. The number of ether oxygens (including phenoxy) is 1. The molecule has 2 aromatic rings. The van der Waals surface area contributed by atoms with Crippen molar-refractivity contribution in [1.82, 2.24) is 0 Å². The number of hydrogen-bond acceptors (Lipinski definition) is 2. The van der Waals surface area contributed by atoms with Crippen LogP contribution in [0.15, 0.2) is 48.5 Å². The largest absolute Gasteiger partial charge is 0.492 e. The van der Waals surface area contributed by atoms with Crippen LogP contribution in [0, 0.1) is 5.82 Å². The van der Waals surface area contributed by atoms with Gasteiger partial charge in [0.25, 0.3) is 0 Å². The molecule has 19 heavy (non-hydrogen) atoms. The lowest BCUT2D eigenvalue weighted by molar-refractivity contribution is 0.287. The van der Waals surface area contributed by atoms with Crippen LogP contribution in [0.5, 0.6) is 5.75 Å². The van der Waals surface area contributed by atoms with Gasteiger partial charge in [-0.1, -0.05) is 23.7 Å². The van der Waals surface area contributed by atoms with Crippen LogP contribution in [0.2, 0.25) is 5.02 Å². The molecule has 4 heteroatoms. The standard InChI is InChI=1S/C15H15ClFNO/c16-12-3-7-15(8-4-12)19-10-14(18)9-11-1-5-13(17)6-2-11/h1-8,14H,9-10,18H2. The van der Waals surface area contributed by atoms with Gasteiger partial charge in [-0.3, -0.25) is 0 Å². The topological polar surface area (TPSA) is 35.2 Å². The summed E-state index contributed by atoms with van der Waals surface area (Å²) in [6.07, 6.45) is 0.647. The molecule has 0 bridgehead atoms. The van der Waals surface area contributed by atoms with Gasteiger partial charge < -0.3 is 10.5 Å². The Morgan fingerprint density at radius 1 is 1.05 bits per heavy atom. The number of rotatable bonds is 5. The quantitative estimate of drug-likeness (QED) is 0.910. The number of nitrogens with two attached hydrogens (primary N) is 1. The average molecular weight is 280 g/mol. The van der Waals surface area contributed by atoms with Crippen molar-refractivity contribution in [3.8, 4) is 5.75 Å². The van der Waals surface area contributed by atoms with Crippen LogP contribution in [-0.2, 0) is 6.42 Å². The second kappa shape index (κ2) is 6.55. The minimum atomic E-state index is -0.241. The van der Waals surface area contributed by atoms with E-state index in [9.17, 15) is 4.39 Å². The van der Waals surface area contributed by atoms with Crippen molar-refractivity contribution in [2.24, 2.45) is 5.73 Å². The summed E-state index contributed by atoms with van der Waals surface area (Å²) in [6, 6.07) is 13.3. The van der Waals surface area contributed by atoms with E-state index in [4.69, 9.17) is 22.1 Å². The molecule has 0 fully saturated rings. The Bertz CT molecular complexity index is 513. The van der Waals surface area contributed by atoms with Gasteiger partial charge >= 0.3 is 0 Å². The fourth-order valence-electron chi connectivity index (χ4n) is 1.72. The molecule has 0 aliphatic carbocycles. The summed E-state index contributed by atoms with van der Waals surface area (Å²) in [5.41, 5.74) is 6.97. The highest BCUT2D eigenvalue weighted by molar-refractivity contribution is 6.30. The van der Waals surface area contributed by atoms with Crippen molar-refractivity contribution in [2.75, 3.05) is 6.61 Å². The Labute approximate surface area is 117 Å². The number of hydrogen-bond donors (Lipinski definition) is 1. The molecule has 2 aromatic carbocycles. The fourth-order valence-corrected chi connectivity index (χ4v) is 1.84. The lowest BCUT2D eigenvalue weighted by atomic mass is 10.1. The third-order valence-electron chi connectivity index (χ3n) is 2.69. The van der Waals surface area contributed by atoms with E-state index >= 15 is 0 Å². The summed E-state index contributed by atoms with van der Waals surface area (Å²) in [6.45, 7) is 0.402. The normalized spacial score (nSPS) is 12.2. The van der Waals surface area contributed by atoms with E-state index in [0.29, 0.717) is 18.1 Å². The molecular weight excluding hydrogens is 265 g/mol. The Balaban J connectivity index is 1.82. The molecular formula is C15H15ClFNO. The molecule has 2 rings (SSSR count). The summed E-state index contributed by atoms with van der Waals surface area (Å²) in [7, 11) is 0. The zero-order valence-corrected chi connectivity index (χ0v) is 11.1. The van der Waals surface area contributed by atoms with Crippen LogP contribution in [0.1, 0.15) is 5.56 Å². The molecule has 0 saturated carbocycles. The van der Waals surface area contributed by atoms with E-state index in [0.717, 1.165) is 11.3 Å². The first kappa shape index (κ1) is 13.8. The van der Waals surface area contributed by atoms with Crippen LogP contribution < -0.4 is 10.5 Å². The average Bonchev–Trinajstić information content (AvgIpc) is 2.41. The van der Waals surface area contributed by atoms with Gasteiger partial charge in [0.2, 0.25) is 0 Å². The summed E-state index contributed by atoms with van der Waals surface area (Å²) in [5.74, 6) is 0.494. The first-order valence-electron chi connectivity index (χ1n) is 6.02. The van der Waals surface area contributed by atoms with Crippen molar-refractivity contribution in [1.29, 1.82) is 0 Å². The number of benzene rings is 2. The zero-order chi connectivity index (χ0) is 13.7. The molecule has 0 spiro atoms. The van der Waals surface area contributed by atoms with Gasteiger partial charge in [0, 0.05) is 11.1 Å². The maximum absolute atomic E-state index is 12.8. The van der Waals surface area contributed by atoms with E-state index in [-0.39, 0.29) is 11.9 Å². The second-order valence-corrected chi connectivity index (χ2v) is 4.79. The highest BCUT2D eigenvalue weighted by Gasteiger charge is 2.05. The molecule has 1 unspecified atom stereocenters. The van der Waals surface area contributed by atoms with E-state index in [2.05, 4.69) is 0 Å². The maximum Gasteiger partial charge on any atom is 0.123 e. The Hall–Kier alpha value is -1.58. The summed E-state index contributed by atoms with van der Waals surface area (Å²) >= 11 is 5.78. The molecule has 0 aromatic heterocycles. The first-order chi connectivity index (χ1) is 9.13. The molecule has 0 heterocycles. The molecule has 2 nitrogen and oxygen atoms in total. The molecule has 100 valence electrons. The smallest absolute Gasteiger partial charge is 0.123 e. The minimum Gasteiger partial charge on any atom is -0.492 e. The van der Waals surface area contributed by atoms with Crippen molar-refractivity contribution < 1.29 is 9.13 Å². The third kappa shape index (κ3) is 4.54. The molecule has 0 amide bonds. The highest BCUT2D eigenvalue weighted by Crippen LogP contribution is 2.15. The van der Waals surface area contributed by atoms with E-state index in [1.165, 1.54) is 12.1 Å². The van der Waals surface area contributed by atoms with Crippen LogP contribution in [-0.4, -0.2) is 12.6 Å². The maximum atomic E-state index is 12.8. The van der Waals surface area contributed by atoms with Crippen LogP contribution in [0.3, 0.4) is 0 Å². The van der Waals surface area contributed by atoms with Gasteiger partial charge in [0.1, 0.15) is 18.2 Å². The summed E-state index contributed by atoms with van der Waals surface area (Å²) in [5, 5.41) is 0.669. The summed E-state index contributed by atoms with van der Waals surface area (Å²) < 4.78 is 18.3. The molecule has 0 aliphatic heterocycles. The van der Waals surface area contributed by atoms with Gasteiger partial charge in [0.15, 0.2) is 0 Å². The SMILES string of the molecule is NC(COc1ccc(Cl)cc1)Cc1ccc(F)cc1. The highest BCUT2D eigenvalue weighted by atomic mass is 35.5. The Kier molecular flexibility index (Phi) is 4.77. The molecule has 2 N–H and O–H groups in total. The lowest BCUT2D eigenvalue weighted by Gasteiger charge is -2.13. The van der Waals surface area contributed by atoms with Gasteiger partial charge in [0.05, 0.1) is 0 Å². The first-order valence-corrected chi connectivity index (χ1v) is 6.39. The molecule has 0 radical (unpaired) electrons. The summed E-state index contributed by atoms with van der Waals surface area (Å²) in [4.78, 5) is 0. The van der Waals surface area contributed by atoms with Crippen molar-refractivity contribution in [3.63, 3.8) is 0 Å².